The first-order valence-corrected chi connectivity index (χ1v) is 7.62. The van der Waals surface area contributed by atoms with E-state index in [0.29, 0.717) is 5.54 Å². The molecule has 1 nitrogen and oxygen atoms in total. The van der Waals surface area contributed by atoms with E-state index in [-0.39, 0.29) is 0 Å². The lowest BCUT2D eigenvalue weighted by atomic mass is 9.82. The van der Waals surface area contributed by atoms with Crippen molar-refractivity contribution in [2.75, 3.05) is 5.32 Å². The maximum atomic E-state index is 3.82. The summed E-state index contributed by atoms with van der Waals surface area (Å²) in [5.74, 6) is 0.906. The fourth-order valence-electron chi connectivity index (χ4n) is 3.26. The van der Waals surface area contributed by atoms with E-state index in [9.17, 15) is 0 Å². The highest BCUT2D eigenvalue weighted by Gasteiger charge is 2.49. The lowest BCUT2D eigenvalue weighted by Crippen LogP contribution is -2.33. The van der Waals surface area contributed by atoms with E-state index in [1.54, 1.807) is 0 Å². The second kappa shape index (κ2) is 4.64. The molecule has 0 amide bonds. The van der Waals surface area contributed by atoms with Gasteiger partial charge >= 0.3 is 0 Å². The van der Waals surface area contributed by atoms with Crippen LogP contribution in [0.3, 0.4) is 0 Å². The van der Waals surface area contributed by atoms with Crippen molar-refractivity contribution in [1.82, 2.24) is 0 Å². The highest BCUT2D eigenvalue weighted by Crippen LogP contribution is 2.50. The summed E-state index contributed by atoms with van der Waals surface area (Å²) in [5.41, 5.74) is 1.71. The third-order valence-electron chi connectivity index (χ3n) is 4.43. The van der Waals surface area contributed by atoms with Gasteiger partial charge in [0.05, 0.1) is 0 Å². The highest BCUT2D eigenvalue weighted by molar-refractivity contribution is 9.10. The van der Waals surface area contributed by atoms with Crippen molar-refractivity contribution in [2.45, 2.75) is 50.5 Å². The molecule has 0 saturated heterocycles. The number of rotatable bonds is 3. The number of nitrogens with one attached hydrogen (secondary N) is 1. The molecule has 0 atom stereocenters. The average molecular weight is 294 g/mol. The zero-order valence-electron chi connectivity index (χ0n) is 10.2. The van der Waals surface area contributed by atoms with E-state index in [1.165, 1.54) is 55.1 Å². The first-order chi connectivity index (χ1) is 8.30. The average Bonchev–Trinajstić information content (AvgIpc) is 3.15. The van der Waals surface area contributed by atoms with Gasteiger partial charge < -0.3 is 5.32 Å². The van der Waals surface area contributed by atoms with Gasteiger partial charge in [-0.05, 0) is 59.7 Å². The SMILES string of the molecule is Brc1ccccc1NC1(C2CCCCC2)CC1. The van der Waals surface area contributed by atoms with Crippen molar-refractivity contribution >= 4 is 21.6 Å². The molecule has 0 unspecified atom stereocenters. The van der Waals surface area contributed by atoms with Crippen molar-refractivity contribution in [3.05, 3.63) is 28.7 Å². The van der Waals surface area contributed by atoms with Crippen molar-refractivity contribution < 1.29 is 0 Å². The molecule has 1 N–H and O–H groups in total. The van der Waals surface area contributed by atoms with Crippen LogP contribution in [0.5, 0.6) is 0 Å². The van der Waals surface area contributed by atoms with E-state index < -0.39 is 0 Å². The number of anilines is 1. The molecule has 0 spiro atoms. The smallest absolute Gasteiger partial charge is 0.0488 e. The van der Waals surface area contributed by atoms with Crippen LogP contribution in [0.15, 0.2) is 28.7 Å². The van der Waals surface area contributed by atoms with Gasteiger partial charge in [0.1, 0.15) is 0 Å². The Hall–Kier alpha value is -0.500. The fraction of sp³-hybridized carbons (Fsp3) is 0.600. The van der Waals surface area contributed by atoms with Crippen molar-refractivity contribution in [3.63, 3.8) is 0 Å². The van der Waals surface area contributed by atoms with Crippen LogP contribution < -0.4 is 5.32 Å². The van der Waals surface area contributed by atoms with Crippen LogP contribution in [-0.4, -0.2) is 5.54 Å². The summed E-state index contributed by atoms with van der Waals surface area (Å²) in [6.07, 6.45) is 9.89. The summed E-state index contributed by atoms with van der Waals surface area (Å²) >= 11 is 3.64. The summed E-state index contributed by atoms with van der Waals surface area (Å²) < 4.78 is 1.20. The van der Waals surface area contributed by atoms with Gasteiger partial charge in [0.2, 0.25) is 0 Å². The summed E-state index contributed by atoms with van der Waals surface area (Å²) in [6, 6.07) is 8.51. The van der Waals surface area contributed by atoms with Crippen LogP contribution in [0.4, 0.5) is 5.69 Å². The molecule has 0 aliphatic heterocycles. The number of para-hydroxylation sites is 1. The molecule has 0 aromatic heterocycles. The molecule has 1 aromatic rings. The molecule has 2 aliphatic carbocycles. The molecule has 92 valence electrons. The maximum absolute atomic E-state index is 3.82. The molecule has 0 bridgehead atoms. The molecule has 1 aromatic carbocycles. The molecule has 2 aliphatic rings. The zero-order valence-corrected chi connectivity index (χ0v) is 11.8. The van der Waals surface area contributed by atoms with Crippen LogP contribution in [-0.2, 0) is 0 Å². The van der Waals surface area contributed by atoms with Crippen LogP contribution >= 0.6 is 15.9 Å². The summed E-state index contributed by atoms with van der Waals surface area (Å²) in [7, 11) is 0. The predicted octanol–water partition coefficient (Wildman–Crippen LogP) is 4.97. The predicted molar refractivity (Wildman–Crippen MR) is 76.3 cm³/mol. The molecule has 0 radical (unpaired) electrons. The van der Waals surface area contributed by atoms with E-state index in [0.717, 1.165) is 5.92 Å². The van der Waals surface area contributed by atoms with Gasteiger partial charge in [-0.2, -0.15) is 0 Å². The fourth-order valence-corrected chi connectivity index (χ4v) is 3.64. The Morgan fingerprint density at radius 1 is 1.06 bits per heavy atom. The molecule has 2 heteroatoms. The normalized spacial score (nSPS) is 23.4. The molecular formula is C15H20BrN. The van der Waals surface area contributed by atoms with Crippen molar-refractivity contribution in [3.8, 4) is 0 Å². The van der Waals surface area contributed by atoms with Crippen molar-refractivity contribution in [1.29, 1.82) is 0 Å². The largest absolute Gasteiger partial charge is 0.378 e. The molecular weight excluding hydrogens is 274 g/mol. The number of halogens is 1. The van der Waals surface area contributed by atoms with Gasteiger partial charge in [-0.15, -0.1) is 0 Å². The van der Waals surface area contributed by atoms with Gasteiger partial charge in [0, 0.05) is 15.7 Å². The standard InChI is InChI=1S/C15H20BrN/c16-13-8-4-5-9-14(13)17-15(10-11-15)12-6-2-1-3-7-12/h4-5,8-9,12,17H,1-3,6-7,10-11H2. The number of benzene rings is 1. The molecule has 17 heavy (non-hydrogen) atoms. The first-order valence-electron chi connectivity index (χ1n) is 6.83. The molecule has 0 heterocycles. The summed E-state index contributed by atoms with van der Waals surface area (Å²) in [4.78, 5) is 0. The summed E-state index contributed by atoms with van der Waals surface area (Å²) in [5, 5.41) is 3.82. The topological polar surface area (TPSA) is 12.0 Å². The van der Waals surface area contributed by atoms with Crippen molar-refractivity contribution in [2.24, 2.45) is 5.92 Å². The van der Waals surface area contributed by atoms with Gasteiger partial charge in [-0.1, -0.05) is 31.4 Å². The molecule has 2 saturated carbocycles. The lowest BCUT2D eigenvalue weighted by Gasteiger charge is -2.32. The van der Waals surface area contributed by atoms with Gasteiger partial charge in [-0.3, -0.25) is 0 Å². The minimum absolute atomic E-state index is 0.435. The van der Waals surface area contributed by atoms with Crippen LogP contribution in [0.25, 0.3) is 0 Å². The Morgan fingerprint density at radius 3 is 2.41 bits per heavy atom. The van der Waals surface area contributed by atoms with E-state index >= 15 is 0 Å². The van der Waals surface area contributed by atoms with Crippen LogP contribution in [0.1, 0.15) is 44.9 Å². The third-order valence-corrected chi connectivity index (χ3v) is 5.12. The Balaban J connectivity index is 1.74. The van der Waals surface area contributed by atoms with E-state index in [1.807, 2.05) is 0 Å². The van der Waals surface area contributed by atoms with Crippen LogP contribution in [0.2, 0.25) is 0 Å². The Morgan fingerprint density at radius 2 is 1.76 bits per heavy atom. The Bertz CT molecular complexity index is 392. The molecule has 3 rings (SSSR count). The summed E-state index contributed by atoms with van der Waals surface area (Å²) in [6.45, 7) is 0. The minimum Gasteiger partial charge on any atom is -0.378 e. The van der Waals surface area contributed by atoms with E-state index in [2.05, 4.69) is 45.5 Å². The highest BCUT2D eigenvalue weighted by atomic mass is 79.9. The second-order valence-electron chi connectivity index (χ2n) is 5.60. The lowest BCUT2D eigenvalue weighted by molar-refractivity contribution is 0.306. The third kappa shape index (κ3) is 2.37. The quantitative estimate of drug-likeness (QED) is 0.829. The Kier molecular flexibility index (Phi) is 3.16. The van der Waals surface area contributed by atoms with Crippen LogP contribution in [0, 0.1) is 5.92 Å². The first kappa shape index (κ1) is 11.6. The zero-order chi connectivity index (χ0) is 11.7. The van der Waals surface area contributed by atoms with Gasteiger partial charge in [0.15, 0.2) is 0 Å². The molecule has 2 fully saturated rings. The Labute approximate surface area is 112 Å². The number of hydrogen-bond acceptors (Lipinski definition) is 1. The minimum atomic E-state index is 0.435. The monoisotopic (exact) mass is 293 g/mol. The van der Waals surface area contributed by atoms with E-state index in [4.69, 9.17) is 0 Å². The second-order valence-corrected chi connectivity index (χ2v) is 6.45. The maximum Gasteiger partial charge on any atom is 0.0488 e. The number of hydrogen-bond donors (Lipinski definition) is 1. The van der Waals surface area contributed by atoms with Gasteiger partial charge in [-0.25, -0.2) is 0 Å². The van der Waals surface area contributed by atoms with Gasteiger partial charge in [0.25, 0.3) is 0 Å².